The van der Waals surface area contributed by atoms with E-state index in [0.717, 1.165) is 32.1 Å². The smallest absolute Gasteiger partial charge is 0.408 e. The molecule has 1 rings (SSSR count). The number of carbonyl (C=O) groups excluding carboxylic acids is 4. The van der Waals surface area contributed by atoms with Gasteiger partial charge in [-0.3, -0.25) is 14.4 Å². The molecule has 0 saturated carbocycles. The van der Waals surface area contributed by atoms with E-state index >= 15 is 0 Å². The number of phenols is 1. The normalized spacial score (nSPS) is 12.8. The average molecular weight is 521 g/mol. The molecule has 4 amide bonds. The molecule has 2 atom stereocenters. The van der Waals surface area contributed by atoms with E-state index in [4.69, 9.17) is 10.5 Å². The van der Waals surface area contributed by atoms with Gasteiger partial charge < -0.3 is 31.1 Å². The van der Waals surface area contributed by atoms with Crippen LogP contribution in [-0.2, 0) is 19.1 Å². The van der Waals surface area contributed by atoms with E-state index in [0.29, 0.717) is 18.5 Å². The van der Waals surface area contributed by atoms with Gasteiger partial charge in [0, 0.05) is 13.1 Å². The third-order valence-electron chi connectivity index (χ3n) is 5.53. The van der Waals surface area contributed by atoms with Crippen molar-refractivity contribution in [2.45, 2.75) is 97.2 Å². The summed E-state index contributed by atoms with van der Waals surface area (Å²) in [5.41, 5.74) is 5.08. The highest BCUT2D eigenvalue weighted by molar-refractivity contribution is 5.94. The molecule has 10 heteroatoms. The van der Waals surface area contributed by atoms with Gasteiger partial charge in [-0.05, 0) is 51.3 Å². The molecular formula is C27H44N4O6. The van der Waals surface area contributed by atoms with Crippen LogP contribution in [0.15, 0.2) is 24.3 Å². The Morgan fingerprint density at radius 1 is 1.00 bits per heavy atom. The van der Waals surface area contributed by atoms with Gasteiger partial charge in [0.15, 0.2) is 0 Å². The van der Waals surface area contributed by atoms with Gasteiger partial charge in [0.2, 0.25) is 17.7 Å². The summed E-state index contributed by atoms with van der Waals surface area (Å²) in [5.74, 6) is -1.77. The number of nitrogens with one attached hydrogen (secondary N) is 2. The van der Waals surface area contributed by atoms with E-state index in [-0.39, 0.29) is 12.3 Å². The zero-order valence-electron chi connectivity index (χ0n) is 22.8. The molecule has 1 aromatic rings. The summed E-state index contributed by atoms with van der Waals surface area (Å²) in [6.07, 6.45) is 3.71. The topological polar surface area (TPSA) is 151 Å². The number of hydrogen-bond acceptors (Lipinski definition) is 6. The predicted octanol–water partition coefficient (Wildman–Crippen LogP) is 3.53. The molecule has 10 nitrogen and oxygen atoms in total. The van der Waals surface area contributed by atoms with E-state index in [1.807, 2.05) is 6.92 Å². The van der Waals surface area contributed by atoms with Gasteiger partial charge in [-0.15, -0.1) is 0 Å². The Labute approximate surface area is 220 Å². The van der Waals surface area contributed by atoms with Gasteiger partial charge in [0.1, 0.15) is 23.4 Å². The summed E-state index contributed by atoms with van der Waals surface area (Å²) < 4.78 is 5.28. The number of unbranched alkanes of at least 4 members (excludes halogenated alkanes) is 4. The van der Waals surface area contributed by atoms with Crippen molar-refractivity contribution >= 4 is 23.8 Å². The summed E-state index contributed by atoms with van der Waals surface area (Å²) in [6, 6.07) is 3.69. The lowest BCUT2D eigenvalue weighted by molar-refractivity contribution is -0.143. The Morgan fingerprint density at radius 3 is 2.16 bits per heavy atom. The Balaban J connectivity index is 3.43. The number of rotatable bonds is 15. The van der Waals surface area contributed by atoms with Gasteiger partial charge in [0.05, 0.1) is 6.42 Å². The lowest BCUT2D eigenvalue weighted by atomic mass is 10.0. The zero-order valence-corrected chi connectivity index (χ0v) is 22.8. The molecule has 0 saturated heterocycles. The Kier molecular flexibility index (Phi) is 13.5. The van der Waals surface area contributed by atoms with Crippen LogP contribution in [0.5, 0.6) is 5.75 Å². The second kappa shape index (κ2) is 15.7. The number of aromatic hydroxyl groups is 1. The number of phenolic OH excluding ortho intramolecular Hbond substituents is 1. The monoisotopic (exact) mass is 520 g/mol. The summed E-state index contributed by atoms with van der Waals surface area (Å²) in [6.45, 7) is 9.76. The number of primary amides is 1. The summed E-state index contributed by atoms with van der Waals surface area (Å²) in [4.78, 5) is 53.0. The summed E-state index contributed by atoms with van der Waals surface area (Å²) in [7, 11) is 0. The fourth-order valence-electron chi connectivity index (χ4n) is 3.74. The van der Waals surface area contributed by atoms with Crippen LogP contribution >= 0.6 is 0 Å². The number of alkyl carbamates (subject to hydrolysis) is 1. The molecule has 0 fully saturated rings. The molecule has 0 bridgehead atoms. The van der Waals surface area contributed by atoms with Crippen molar-refractivity contribution < 1.29 is 29.0 Å². The molecule has 0 aromatic heterocycles. The van der Waals surface area contributed by atoms with Crippen molar-refractivity contribution in [1.29, 1.82) is 0 Å². The Hall–Kier alpha value is -3.30. The number of carbonyl (C=O) groups is 4. The number of nitrogens with two attached hydrogens (primary N) is 1. The second-order valence-electron chi connectivity index (χ2n) is 10.1. The number of benzene rings is 1. The highest BCUT2D eigenvalue weighted by Crippen LogP contribution is 2.26. The molecule has 0 aliphatic carbocycles. The molecule has 0 spiro atoms. The number of ether oxygens (including phenoxy) is 1. The van der Waals surface area contributed by atoms with E-state index in [1.165, 1.54) is 17.0 Å². The SMILES string of the molecule is CCCCCCN(C(=O)C(CC(N)=O)NC(=O)OC(C)(C)C)C(C(=O)NCCCC)c1ccc(O)cc1. The van der Waals surface area contributed by atoms with Crippen LogP contribution in [0.2, 0.25) is 0 Å². The van der Waals surface area contributed by atoms with Crippen molar-refractivity contribution in [1.82, 2.24) is 15.5 Å². The lowest BCUT2D eigenvalue weighted by Gasteiger charge is -2.34. The third kappa shape index (κ3) is 12.0. The summed E-state index contributed by atoms with van der Waals surface area (Å²) in [5, 5.41) is 15.1. The van der Waals surface area contributed by atoms with Crippen LogP contribution in [0.25, 0.3) is 0 Å². The van der Waals surface area contributed by atoms with Gasteiger partial charge >= 0.3 is 6.09 Å². The highest BCUT2D eigenvalue weighted by Gasteiger charge is 2.36. The van der Waals surface area contributed by atoms with Crippen LogP contribution in [-0.4, -0.2) is 58.6 Å². The Bertz CT molecular complexity index is 882. The minimum Gasteiger partial charge on any atom is -0.508 e. The number of nitrogens with zero attached hydrogens (tertiary/aromatic N) is 1. The van der Waals surface area contributed by atoms with Gasteiger partial charge in [0.25, 0.3) is 0 Å². The van der Waals surface area contributed by atoms with Crippen LogP contribution in [0.3, 0.4) is 0 Å². The molecule has 2 unspecified atom stereocenters. The van der Waals surface area contributed by atoms with Gasteiger partial charge in [-0.1, -0.05) is 51.7 Å². The van der Waals surface area contributed by atoms with E-state index < -0.39 is 47.9 Å². The second-order valence-corrected chi connectivity index (χ2v) is 10.1. The van der Waals surface area contributed by atoms with E-state index in [1.54, 1.807) is 32.9 Å². The maximum atomic E-state index is 13.9. The molecule has 0 radical (unpaired) electrons. The predicted molar refractivity (Wildman–Crippen MR) is 142 cm³/mol. The quantitative estimate of drug-likeness (QED) is 0.260. The van der Waals surface area contributed by atoms with Crippen molar-refractivity contribution in [2.24, 2.45) is 5.73 Å². The largest absolute Gasteiger partial charge is 0.508 e. The third-order valence-corrected chi connectivity index (χ3v) is 5.53. The van der Waals surface area contributed by atoms with Crippen molar-refractivity contribution in [3.05, 3.63) is 29.8 Å². The first kappa shape index (κ1) is 31.7. The van der Waals surface area contributed by atoms with Crippen LogP contribution in [0.1, 0.15) is 91.2 Å². The molecular weight excluding hydrogens is 476 g/mol. The maximum absolute atomic E-state index is 13.9. The minimum atomic E-state index is -1.32. The first-order valence-corrected chi connectivity index (χ1v) is 13.0. The highest BCUT2D eigenvalue weighted by atomic mass is 16.6. The van der Waals surface area contributed by atoms with Crippen LogP contribution < -0.4 is 16.4 Å². The summed E-state index contributed by atoms with van der Waals surface area (Å²) >= 11 is 0. The van der Waals surface area contributed by atoms with Crippen molar-refractivity contribution in [3.8, 4) is 5.75 Å². The van der Waals surface area contributed by atoms with Crippen molar-refractivity contribution in [2.75, 3.05) is 13.1 Å². The molecule has 208 valence electrons. The van der Waals surface area contributed by atoms with Crippen LogP contribution in [0.4, 0.5) is 4.79 Å². The lowest BCUT2D eigenvalue weighted by Crippen LogP contribution is -2.54. The van der Waals surface area contributed by atoms with Gasteiger partial charge in [-0.25, -0.2) is 4.79 Å². The van der Waals surface area contributed by atoms with E-state index in [2.05, 4.69) is 17.6 Å². The molecule has 37 heavy (non-hydrogen) atoms. The Morgan fingerprint density at radius 2 is 1.62 bits per heavy atom. The number of amides is 4. The molecule has 5 N–H and O–H groups in total. The fraction of sp³-hybridized carbons (Fsp3) is 0.630. The number of hydrogen-bond donors (Lipinski definition) is 4. The van der Waals surface area contributed by atoms with E-state index in [9.17, 15) is 24.3 Å². The molecule has 0 aliphatic rings. The van der Waals surface area contributed by atoms with Crippen molar-refractivity contribution in [3.63, 3.8) is 0 Å². The minimum absolute atomic E-state index is 0.0212. The van der Waals surface area contributed by atoms with Gasteiger partial charge in [-0.2, -0.15) is 0 Å². The first-order chi connectivity index (χ1) is 17.4. The fourth-order valence-corrected chi connectivity index (χ4v) is 3.74. The molecule has 0 heterocycles. The van der Waals surface area contributed by atoms with Crippen LogP contribution in [0, 0.1) is 0 Å². The first-order valence-electron chi connectivity index (χ1n) is 13.0. The average Bonchev–Trinajstić information content (AvgIpc) is 2.79. The zero-order chi connectivity index (χ0) is 28.0. The maximum Gasteiger partial charge on any atom is 0.408 e. The standard InChI is InChI=1S/C27H44N4O6/c1-6-8-10-11-17-31(25(35)21(18-22(28)33)30-26(36)37-27(3,4)5)23(24(34)29-16-9-7-2)19-12-14-20(32)15-13-19/h12-15,21,23,32H,6-11,16-18H2,1-5H3,(H2,28,33)(H,29,34)(H,30,36). The molecule has 1 aromatic carbocycles. The molecule has 0 aliphatic heterocycles.